The van der Waals surface area contributed by atoms with Gasteiger partial charge in [-0.25, -0.2) is 0 Å². The van der Waals surface area contributed by atoms with Gasteiger partial charge in [0, 0.05) is 23.2 Å². The predicted molar refractivity (Wildman–Crippen MR) is 93.4 cm³/mol. The predicted octanol–water partition coefficient (Wildman–Crippen LogP) is 3.51. The van der Waals surface area contributed by atoms with Crippen LogP contribution < -0.4 is 10.2 Å². The lowest BCUT2D eigenvalue weighted by atomic mass is 9.93. The molecule has 3 nitrogen and oxygen atoms in total. The van der Waals surface area contributed by atoms with Gasteiger partial charge in [0.2, 0.25) is 0 Å². The molecule has 1 aliphatic rings. The third-order valence-corrected chi connectivity index (χ3v) is 5.29. The molecule has 1 aromatic carbocycles. The molecule has 3 rings (SSSR count). The number of aromatic nitrogens is 1. The van der Waals surface area contributed by atoms with Crippen molar-refractivity contribution in [3.8, 4) is 0 Å². The summed E-state index contributed by atoms with van der Waals surface area (Å²) < 4.78 is 0. The molecule has 116 valence electrons. The van der Waals surface area contributed by atoms with Crippen molar-refractivity contribution in [2.45, 2.75) is 38.6 Å². The summed E-state index contributed by atoms with van der Waals surface area (Å²) in [5, 5.41) is 3.58. The zero-order chi connectivity index (χ0) is 15.4. The smallest absolute Gasteiger partial charge is 0.304 e. The molecule has 0 spiro atoms. The number of benzene rings is 1. The first-order valence-corrected chi connectivity index (χ1v) is 8.70. The van der Waals surface area contributed by atoms with E-state index in [0.717, 1.165) is 37.9 Å². The number of rotatable bonds is 5. The molecule has 0 saturated heterocycles. The topological polar surface area (TPSA) is 44.9 Å². The van der Waals surface area contributed by atoms with Gasteiger partial charge in [-0.05, 0) is 43.7 Å². The first-order chi connectivity index (χ1) is 10.7. The fourth-order valence-corrected chi connectivity index (χ4v) is 3.92. The Morgan fingerprint density at radius 2 is 2.09 bits per heavy atom. The molecule has 2 N–H and O–H groups in total. The number of nitrogens with one attached hydrogen (secondary N) is 2. The van der Waals surface area contributed by atoms with Gasteiger partial charge in [-0.1, -0.05) is 47.7 Å². The average Bonchev–Trinajstić information content (AvgIpc) is 2.86. The van der Waals surface area contributed by atoms with Gasteiger partial charge in [-0.15, -0.1) is 0 Å². The molecule has 0 amide bonds. The van der Waals surface area contributed by atoms with Gasteiger partial charge in [0.1, 0.15) is 0 Å². The third kappa shape index (κ3) is 3.76. The van der Waals surface area contributed by atoms with E-state index in [1.807, 2.05) is 6.92 Å². The largest absolute Gasteiger partial charge is 0.317 e. The van der Waals surface area contributed by atoms with E-state index in [9.17, 15) is 4.79 Å². The van der Waals surface area contributed by atoms with Gasteiger partial charge < -0.3 is 10.3 Å². The zero-order valence-corrected chi connectivity index (χ0v) is 13.7. The minimum Gasteiger partial charge on any atom is -0.317 e. The first-order valence-electron chi connectivity index (χ1n) is 7.89. The second-order valence-electron chi connectivity index (χ2n) is 5.86. The van der Waals surface area contributed by atoms with Crippen LogP contribution in [0.1, 0.15) is 35.4 Å². The van der Waals surface area contributed by atoms with Gasteiger partial charge in [-0.2, -0.15) is 0 Å². The summed E-state index contributed by atoms with van der Waals surface area (Å²) >= 11 is 1.36. The number of hydrogen-bond donors (Lipinski definition) is 2. The standard InChI is InChI=1S/C18H22N2OS/c1-13-17(22-18(21)20-13)9-5-8-16-12-15(10-11-19-16)14-6-3-2-4-7-14/h2-4,6-7,10,16,19H,5,8-9,11-12H2,1H3,(H,20,21). The maximum atomic E-state index is 11.3. The van der Waals surface area contributed by atoms with Gasteiger partial charge >= 0.3 is 4.87 Å². The van der Waals surface area contributed by atoms with Crippen LogP contribution in [0.5, 0.6) is 0 Å². The second-order valence-corrected chi connectivity index (χ2v) is 6.93. The molecule has 0 fully saturated rings. The summed E-state index contributed by atoms with van der Waals surface area (Å²) in [5.41, 5.74) is 3.83. The number of thiazole rings is 1. The van der Waals surface area contributed by atoms with E-state index in [1.165, 1.54) is 27.4 Å². The Bertz CT molecular complexity index is 699. The van der Waals surface area contributed by atoms with Crippen molar-refractivity contribution >= 4 is 16.9 Å². The van der Waals surface area contributed by atoms with Crippen LogP contribution in [0, 0.1) is 6.92 Å². The Kier molecular flexibility index (Phi) is 4.90. The molecule has 1 atom stereocenters. The Labute approximate surface area is 135 Å². The summed E-state index contributed by atoms with van der Waals surface area (Å²) in [4.78, 5) is 15.5. The van der Waals surface area contributed by atoms with Crippen LogP contribution in [0.15, 0.2) is 41.2 Å². The Hall–Kier alpha value is -1.65. The maximum absolute atomic E-state index is 11.3. The fourth-order valence-electron chi connectivity index (χ4n) is 3.05. The highest BCUT2D eigenvalue weighted by Gasteiger charge is 2.16. The van der Waals surface area contributed by atoms with Crippen LogP contribution in [-0.4, -0.2) is 17.6 Å². The molecular weight excluding hydrogens is 292 g/mol. The zero-order valence-electron chi connectivity index (χ0n) is 12.9. The van der Waals surface area contributed by atoms with Gasteiger partial charge in [0.05, 0.1) is 0 Å². The molecule has 4 heteroatoms. The van der Waals surface area contributed by atoms with Crippen molar-refractivity contribution in [1.82, 2.24) is 10.3 Å². The van der Waals surface area contributed by atoms with Crippen LogP contribution in [0.25, 0.3) is 5.57 Å². The van der Waals surface area contributed by atoms with E-state index in [1.54, 1.807) is 0 Å². The van der Waals surface area contributed by atoms with Gasteiger partial charge in [0.25, 0.3) is 0 Å². The average molecular weight is 314 g/mol. The van der Waals surface area contributed by atoms with E-state index in [-0.39, 0.29) is 4.87 Å². The van der Waals surface area contributed by atoms with Crippen molar-refractivity contribution in [2.24, 2.45) is 0 Å². The Morgan fingerprint density at radius 1 is 1.27 bits per heavy atom. The van der Waals surface area contributed by atoms with Crippen LogP contribution >= 0.6 is 11.3 Å². The second kappa shape index (κ2) is 7.07. The molecule has 0 aliphatic carbocycles. The third-order valence-electron chi connectivity index (χ3n) is 4.25. The van der Waals surface area contributed by atoms with Crippen molar-refractivity contribution in [3.05, 3.63) is 62.2 Å². The molecule has 1 aromatic heterocycles. The lowest BCUT2D eigenvalue weighted by Crippen LogP contribution is -2.32. The number of hydrogen-bond acceptors (Lipinski definition) is 3. The maximum Gasteiger partial charge on any atom is 0.304 e. The molecule has 22 heavy (non-hydrogen) atoms. The Morgan fingerprint density at radius 3 is 2.82 bits per heavy atom. The number of aromatic amines is 1. The molecule has 0 radical (unpaired) electrons. The lowest BCUT2D eigenvalue weighted by molar-refractivity contribution is 0.486. The fraction of sp³-hybridized carbons (Fsp3) is 0.389. The van der Waals surface area contributed by atoms with Crippen LogP contribution in [0.2, 0.25) is 0 Å². The molecule has 2 aromatic rings. The van der Waals surface area contributed by atoms with Crippen molar-refractivity contribution in [1.29, 1.82) is 0 Å². The molecule has 2 heterocycles. The Balaban J connectivity index is 1.53. The molecule has 0 bridgehead atoms. The SMILES string of the molecule is Cc1[nH]c(=O)sc1CCCC1CC(c2ccccc2)=CCN1. The van der Waals surface area contributed by atoms with Crippen molar-refractivity contribution < 1.29 is 0 Å². The highest BCUT2D eigenvalue weighted by molar-refractivity contribution is 7.09. The van der Waals surface area contributed by atoms with E-state index in [2.05, 4.69) is 46.7 Å². The van der Waals surface area contributed by atoms with Crippen LogP contribution in [-0.2, 0) is 6.42 Å². The van der Waals surface area contributed by atoms with E-state index in [4.69, 9.17) is 0 Å². The molecule has 1 aliphatic heterocycles. The van der Waals surface area contributed by atoms with Crippen molar-refractivity contribution in [3.63, 3.8) is 0 Å². The lowest BCUT2D eigenvalue weighted by Gasteiger charge is -2.24. The number of H-pyrrole nitrogens is 1. The van der Waals surface area contributed by atoms with E-state index < -0.39 is 0 Å². The summed E-state index contributed by atoms with van der Waals surface area (Å²) in [5.74, 6) is 0. The summed E-state index contributed by atoms with van der Waals surface area (Å²) in [6.45, 7) is 2.94. The van der Waals surface area contributed by atoms with E-state index in [0.29, 0.717) is 6.04 Å². The van der Waals surface area contributed by atoms with Gasteiger partial charge in [-0.3, -0.25) is 4.79 Å². The molecule has 0 saturated carbocycles. The number of aryl methyl sites for hydroxylation is 2. The highest BCUT2D eigenvalue weighted by Crippen LogP contribution is 2.24. The first kappa shape index (κ1) is 15.3. The normalized spacial score (nSPS) is 18.2. The minimum atomic E-state index is 0.0672. The quantitative estimate of drug-likeness (QED) is 0.887. The summed E-state index contributed by atoms with van der Waals surface area (Å²) in [6, 6.07) is 11.2. The van der Waals surface area contributed by atoms with Crippen LogP contribution in [0.3, 0.4) is 0 Å². The summed E-state index contributed by atoms with van der Waals surface area (Å²) in [7, 11) is 0. The molecule has 1 unspecified atom stereocenters. The monoisotopic (exact) mass is 314 g/mol. The molecular formula is C18H22N2OS. The van der Waals surface area contributed by atoms with Crippen molar-refractivity contribution in [2.75, 3.05) is 6.54 Å². The highest BCUT2D eigenvalue weighted by atomic mass is 32.1. The van der Waals surface area contributed by atoms with Crippen LogP contribution in [0.4, 0.5) is 0 Å². The summed E-state index contributed by atoms with van der Waals surface area (Å²) in [6.07, 6.45) is 6.65. The van der Waals surface area contributed by atoms with Gasteiger partial charge in [0.15, 0.2) is 0 Å². The minimum absolute atomic E-state index is 0.0672. The van der Waals surface area contributed by atoms with E-state index >= 15 is 0 Å².